The topological polar surface area (TPSA) is 45.9 Å². The van der Waals surface area contributed by atoms with Crippen LogP contribution in [0.15, 0.2) is 72.8 Å². The molecule has 4 heteroatoms. The van der Waals surface area contributed by atoms with Crippen LogP contribution in [0.3, 0.4) is 0 Å². The highest BCUT2D eigenvalue weighted by molar-refractivity contribution is 7.19. The molecule has 0 saturated heterocycles. The first kappa shape index (κ1) is 18.0. The van der Waals surface area contributed by atoms with Crippen molar-refractivity contribution < 1.29 is 4.74 Å². The van der Waals surface area contributed by atoms with Crippen molar-refractivity contribution >= 4 is 33.2 Å². The van der Waals surface area contributed by atoms with Crippen LogP contribution in [0, 0.1) is 18.3 Å². The molecule has 0 saturated carbocycles. The Hall–Kier alpha value is -3.42. The summed E-state index contributed by atoms with van der Waals surface area (Å²) in [5.74, 6) is 0.747. The summed E-state index contributed by atoms with van der Waals surface area (Å²) in [6, 6.07) is 26.2. The van der Waals surface area contributed by atoms with Crippen molar-refractivity contribution in [1.82, 2.24) is 4.98 Å². The number of thiazole rings is 1. The lowest BCUT2D eigenvalue weighted by Gasteiger charge is -2.10. The van der Waals surface area contributed by atoms with Crippen LogP contribution < -0.4 is 4.74 Å². The normalized spacial score (nSPS) is 11.4. The van der Waals surface area contributed by atoms with Crippen LogP contribution in [0.25, 0.3) is 21.9 Å². The molecule has 0 amide bonds. The lowest BCUT2D eigenvalue weighted by atomic mass is 10.1. The second-order valence-corrected chi connectivity index (χ2v) is 7.50. The molecule has 1 heterocycles. The van der Waals surface area contributed by atoms with Gasteiger partial charge in [0.1, 0.15) is 23.4 Å². The number of rotatable bonds is 5. The first-order chi connectivity index (χ1) is 13.7. The molecule has 3 nitrogen and oxygen atoms in total. The molecule has 1 aromatic heterocycles. The molecular weight excluding hydrogens is 364 g/mol. The molecule has 0 spiro atoms. The van der Waals surface area contributed by atoms with Crippen LogP contribution in [-0.2, 0) is 6.61 Å². The number of ether oxygens (including phenoxy) is 1. The second kappa shape index (κ2) is 8.08. The lowest BCUT2D eigenvalue weighted by molar-refractivity contribution is 0.305. The predicted octanol–water partition coefficient (Wildman–Crippen LogP) is 6.25. The van der Waals surface area contributed by atoms with Crippen LogP contribution in [0.1, 0.15) is 21.7 Å². The Bertz CT molecular complexity index is 1150. The van der Waals surface area contributed by atoms with E-state index in [0.717, 1.165) is 32.1 Å². The van der Waals surface area contributed by atoms with Gasteiger partial charge in [-0.05, 0) is 36.8 Å². The SMILES string of the molecule is Cc1ccc(COc2ccccc2/C=C(/C#N)c2nc3ccccc3s2)cc1. The molecule has 4 rings (SSSR count). The van der Waals surface area contributed by atoms with Gasteiger partial charge in [0.2, 0.25) is 0 Å². The second-order valence-electron chi connectivity index (χ2n) is 6.47. The van der Waals surface area contributed by atoms with E-state index in [9.17, 15) is 5.26 Å². The van der Waals surface area contributed by atoms with Gasteiger partial charge < -0.3 is 4.74 Å². The zero-order valence-electron chi connectivity index (χ0n) is 15.4. The van der Waals surface area contributed by atoms with Crippen LogP contribution in [0.5, 0.6) is 5.75 Å². The first-order valence-corrected chi connectivity index (χ1v) is 9.80. The van der Waals surface area contributed by atoms with Gasteiger partial charge in [-0.1, -0.05) is 60.2 Å². The Kier molecular flexibility index (Phi) is 5.18. The van der Waals surface area contributed by atoms with Gasteiger partial charge >= 0.3 is 0 Å². The molecule has 0 unspecified atom stereocenters. The zero-order chi connectivity index (χ0) is 19.3. The Balaban J connectivity index is 1.62. The van der Waals surface area contributed by atoms with Gasteiger partial charge in [0.25, 0.3) is 0 Å². The van der Waals surface area contributed by atoms with Crippen molar-refractivity contribution in [3.05, 3.63) is 94.5 Å². The summed E-state index contributed by atoms with van der Waals surface area (Å²) in [6.45, 7) is 2.55. The highest BCUT2D eigenvalue weighted by Gasteiger charge is 2.10. The van der Waals surface area contributed by atoms with Gasteiger partial charge in [-0.2, -0.15) is 5.26 Å². The molecule has 4 aromatic rings. The average molecular weight is 382 g/mol. The number of benzene rings is 3. The Morgan fingerprint density at radius 2 is 1.79 bits per heavy atom. The summed E-state index contributed by atoms with van der Waals surface area (Å²) in [4.78, 5) is 4.60. The van der Waals surface area contributed by atoms with Gasteiger partial charge in [-0.25, -0.2) is 4.98 Å². The lowest BCUT2D eigenvalue weighted by Crippen LogP contribution is -1.97. The quantitative estimate of drug-likeness (QED) is 0.383. The molecule has 0 fully saturated rings. The Labute approximate surface area is 168 Å². The number of hydrogen-bond acceptors (Lipinski definition) is 4. The zero-order valence-corrected chi connectivity index (χ0v) is 16.2. The van der Waals surface area contributed by atoms with E-state index >= 15 is 0 Å². The van der Waals surface area contributed by atoms with Crippen LogP contribution in [-0.4, -0.2) is 4.98 Å². The molecule has 3 aromatic carbocycles. The number of allylic oxidation sites excluding steroid dienone is 1. The van der Waals surface area contributed by atoms with Crippen LogP contribution >= 0.6 is 11.3 Å². The summed E-state index contributed by atoms with van der Waals surface area (Å²) in [5.41, 5.74) is 4.64. The van der Waals surface area contributed by atoms with Gasteiger partial charge in [-0.15, -0.1) is 11.3 Å². The maximum Gasteiger partial charge on any atom is 0.135 e. The van der Waals surface area contributed by atoms with E-state index < -0.39 is 0 Å². The van der Waals surface area contributed by atoms with E-state index in [1.165, 1.54) is 16.9 Å². The predicted molar refractivity (Wildman–Crippen MR) is 115 cm³/mol. The van der Waals surface area contributed by atoms with Crippen molar-refractivity contribution in [2.45, 2.75) is 13.5 Å². The van der Waals surface area contributed by atoms with Gasteiger partial charge in [0.05, 0.1) is 15.8 Å². The smallest absolute Gasteiger partial charge is 0.135 e. The molecule has 0 radical (unpaired) electrons. The summed E-state index contributed by atoms with van der Waals surface area (Å²) in [6.07, 6.45) is 1.85. The minimum atomic E-state index is 0.480. The fraction of sp³-hybridized carbons (Fsp3) is 0.0833. The third-order valence-corrected chi connectivity index (χ3v) is 5.45. The van der Waals surface area contributed by atoms with Crippen molar-refractivity contribution in [2.24, 2.45) is 0 Å². The molecule has 136 valence electrons. The number of para-hydroxylation sites is 2. The van der Waals surface area contributed by atoms with Crippen molar-refractivity contribution in [3.63, 3.8) is 0 Å². The molecule has 0 bridgehead atoms. The fourth-order valence-electron chi connectivity index (χ4n) is 2.86. The van der Waals surface area contributed by atoms with E-state index in [1.54, 1.807) is 0 Å². The van der Waals surface area contributed by atoms with E-state index in [1.807, 2.05) is 54.6 Å². The maximum atomic E-state index is 9.70. The molecule has 0 aliphatic rings. The number of hydrogen-bond donors (Lipinski definition) is 0. The summed E-state index contributed by atoms with van der Waals surface area (Å²) in [7, 11) is 0. The molecule has 0 atom stereocenters. The number of aryl methyl sites for hydroxylation is 1. The Morgan fingerprint density at radius 3 is 2.57 bits per heavy atom. The Morgan fingerprint density at radius 1 is 1.04 bits per heavy atom. The number of nitriles is 1. The minimum Gasteiger partial charge on any atom is -0.488 e. The van der Waals surface area contributed by atoms with E-state index in [4.69, 9.17) is 4.74 Å². The van der Waals surface area contributed by atoms with Gasteiger partial charge in [0.15, 0.2) is 0 Å². The summed E-state index contributed by atoms with van der Waals surface area (Å²) in [5, 5.41) is 10.4. The largest absolute Gasteiger partial charge is 0.488 e. The average Bonchev–Trinajstić information content (AvgIpc) is 3.16. The van der Waals surface area contributed by atoms with Gasteiger partial charge in [0, 0.05) is 5.56 Å². The molecule has 0 aliphatic heterocycles. The van der Waals surface area contributed by atoms with Crippen molar-refractivity contribution in [3.8, 4) is 11.8 Å². The first-order valence-electron chi connectivity index (χ1n) is 8.98. The van der Waals surface area contributed by atoms with E-state index in [2.05, 4.69) is 42.2 Å². The van der Waals surface area contributed by atoms with Crippen molar-refractivity contribution in [2.75, 3.05) is 0 Å². The highest BCUT2D eigenvalue weighted by Crippen LogP contribution is 2.30. The molecule has 0 aliphatic carbocycles. The monoisotopic (exact) mass is 382 g/mol. The highest BCUT2D eigenvalue weighted by atomic mass is 32.1. The summed E-state index contributed by atoms with van der Waals surface area (Å²) < 4.78 is 7.10. The summed E-state index contributed by atoms with van der Waals surface area (Å²) >= 11 is 1.52. The van der Waals surface area contributed by atoms with E-state index in [-0.39, 0.29) is 0 Å². The molecule has 28 heavy (non-hydrogen) atoms. The third-order valence-electron chi connectivity index (χ3n) is 4.38. The molecule has 0 N–H and O–H groups in total. The minimum absolute atomic E-state index is 0.480. The number of fused-ring (bicyclic) bond motifs is 1. The van der Waals surface area contributed by atoms with E-state index in [0.29, 0.717) is 12.2 Å². The number of aromatic nitrogens is 1. The fourth-order valence-corrected chi connectivity index (χ4v) is 3.79. The standard InChI is InChI=1S/C24H18N2OS/c1-17-10-12-18(13-11-17)16-27-22-8-4-2-6-19(22)14-20(15-25)24-26-21-7-3-5-9-23(21)28-24/h2-14H,16H2,1H3/b20-14-. The molecular formula is C24H18N2OS. The van der Waals surface area contributed by atoms with Gasteiger partial charge in [-0.3, -0.25) is 0 Å². The van der Waals surface area contributed by atoms with Crippen molar-refractivity contribution in [1.29, 1.82) is 5.26 Å². The van der Waals surface area contributed by atoms with Crippen LogP contribution in [0.2, 0.25) is 0 Å². The van der Waals surface area contributed by atoms with Crippen LogP contribution in [0.4, 0.5) is 0 Å². The maximum absolute atomic E-state index is 9.70. The number of nitrogens with zero attached hydrogens (tertiary/aromatic N) is 2. The third kappa shape index (κ3) is 3.95.